The number of anilines is 1. The van der Waals surface area contributed by atoms with E-state index in [1.54, 1.807) is 19.9 Å². The third-order valence-corrected chi connectivity index (χ3v) is 6.07. The Morgan fingerprint density at radius 1 is 1.35 bits per heavy atom. The van der Waals surface area contributed by atoms with Crippen molar-refractivity contribution >= 4 is 29.4 Å². The summed E-state index contributed by atoms with van der Waals surface area (Å²) in [7, 11) is 0. The molecule has 1 saturated carbocycles. The van der Waals surface area contributed by atoms with Crippen molar-refractivity contribution in [3.63, 3.8) is 0 Å². The number of aryl methyl sites for hydroxylation is 1. The summed E-state index contributed by atoms with van der Waals surface area (Å²) in [4.78, 5) is 26.5. The molecular weight excluding hydrogens is 352 g/mol. The first kappa shape index (κ1) is 19.2. The fourth-order valence-corrected chi connectivity index (χ4v) is 3.79. The summed E-state index contributed by atoms with van der Waals surface area (Å²) in [5.41, 5.74) is 0. The van der Waals surface area contributed by atoms with Crippen LogP contribution in [0.2, 0.25) is 0 Å². The van der Waals surface area contributed by atoms with Gasteiger partial charge in [-0.2, -0.15) is 0 Å². The second-order valence-corrected chi connectivity index (χ2v) is 8.60. The highest BCUT2D eigenvalue weighted by molar-refractivity contribution is 8.01. The van der Waals surface area contributed by atoms with Crippen LogP contribution in [0.5, 0.6) is 0 Å². The normalized spacial score (nSPS) is 19.4. The maximum Gasteiger partial charge on any atom is 0.238 e. The van der Waals surface area contributed by atoms with E-state index in [1.807, 2.05) is 4.90 Å². The molecule has 2 heterocycles. The molecule has 3 rings (SSSR count). The van der Waals surface area contributed by atoms with E-state index in [-0.39, 0.29) is 17.1 Å². The van der Waals surface area contributed by atoms with Crippen LogP contribution in [0.3, 0.4) is 0 Å². The zero-order valence-corrected chi connectivity index (χ0v) is 16.3. The average Bonchev–Trinajstić information content (AvgIpc) is 3.39. The van der Waals surface area contributed by atoms with Gasteiger partial charge in [0.05, 0.1) is 11.0 Å². The number of likely N-dealkylation sites (tertiary alicyclic amines) is 1. The maximum absolute atomic E-state index is 12.4. The standard InChI is InChI=1S/C18H28N4O3S/c1-12-9-16(21-25-12)20-18(24)13(2)26-11-17(23)22-7-5-15(6-8-22)19-10-14-3-4-14/h9,13-15,19H,3-8,10-11H2,1-2H3,(H,20,21,24). The second kappa shape index (κ2) is 8.90. The zero-order chi connectivity index (χ0) is 18.5. The van der Waals surface area contributed by atoms with Gasteiger partial charge in [0.15, 0.2) is 5.82 Å². The SMILES string of the molecule is Cc1cc(NC(=O)C(C)SCC(=O)N2CCC(NCC3CC3)CC2)no1. The summed E-state index contributed by atoms with van der Waals surface area (Å²) in [6, 6.07) is 2.21. The van der Waals surface area contributed by atoms with Crippen LogP contribution in [0.4, 0.5) is 5.82 Å². The number of rotatable bonds is 8. The minimum Gasteiger partial charge on any atom is -0.360 e. The van der Waals surface area contributed by atoms with Crippen molar-refractivity contribution in [3.05, 3.63) is 11.8 Å². The summed E-state index contributed by atoms with van der Waals surface area (Å²) in [5.74, 6) is 2.22. The van der Waals surface area contributed by atoms with Gasteiger partial charge in [-0.05, 0) is 52.0 Å². The summed E-state index contributed by atoms with van der Waals surface area (Å²) in [5, 5.41) is 9.75. The maximum atomic E-state index is 12.4. The van der Waals surface area contributed by atoms with Crippen LogP contribution in [0, 0.1) is 12.8 Å². The number of hydrogen-bond donors (Lipinski definition) is 2. The van der Waals surface area contributed by atoms with Gasteiger partial charge in [0, 0.05) is 25.2 Å². The minimum absolute atomic E-state index is 0.118. The van der Waals surface area contributed by atoms with E-state index >= 15 is 0 Å². The number of aromatic nitrogens is 1. The Bertz CT molecular complexity index is 624. The van der Waals surface area contributed by atoms with Gasteiger partial charge >= 0.3 is 0 Å². The molecule has 1 unspecified atom stereocenters. The van der Waals surface area contributed by atoms with Gasteiger partial charge in [0.1, 0.15) is 5.76 Å². The van der Waals surface area contributed by atoms with Gasteiger partial charge in [-0.1, -0.05) is 5.16 Å². The lowest BCUT2D eigenvalue weighted by atomic mass is 10.0. The van der Waals surface area contributed by atoms with Gasteiger partial charge in [-0.25, -0.2) is 0 Å². The Balaban J connectivity index is 1.33. The van der Waals surface area contributed by atoms with Gasteiger partial charge < -0.3 is 20.1 Å². The van der Waals surface area contributed by atoms with Crippen molar-refractivity contribution in [3.8, 4) is 0 Å². The summed E-state index contributed by atoms with van der Waals surface area (Å²) < 4.78 is 4.93. The number of carbonyl (C=O) groups excluding carboxylic acids is 2. The first-order chi connectivity index (χ1) is 12.5. The molecular formula is C18H28N4O3S. The fraction of sp³-hybridized carbons (Fsp3) is 0.722. The first-order valence-corrected chi connectivity index (χ1v) is 10.4. The lowest BCUT2D eigenvalue weighted by Gasteiger charge is -2.32. The van der Waals surface area contributed by atoms with E-state index in [0.717, 1.165) is 38.4 Å². The van der Waals surface area contributed by atoms with Gasteiger partial charge in [0.25, 0.3) is 0 Å². The Labute approximate surface area is 158 Å². The number of hydrogen-bond acceptors (Lipinski definition) is 6. The third kappa shape index (κ3) is 5.74. The van der Waals surface area contributed by atoms with E-state index in [2.05, 4.69) is 15.8 Å². The van der Waals surface area contributed by atoms with Crippen LogP contribution in [0.15, 0.2) is 10.6 Å². The summed E-state index contributed by atoms with van der Waals surface area (Å²) >= 11 is 1.36. The van der Waals surface area contributed by atoms with Crippen LogP contribution in [0.25, 0.3) is 0 Å². The molecule has 8 heteroatoms. The van der Waals surface area contributed by atoms with Crippen molar-refractivity contribution in [2.24, 2.45) is 5.92 Å². The lowest BCUT2D eigenvalue weighted by Crippen LogP contribution is -2.46. The van der Waals surface area contributed by atoms with E-state index in [1.165, 1.54) is 24.6 Å². The van der Waals surface area contributed by atoms with Crippen molar-refractivity contribution in [2.45, 2.75) is 50.8 Å². The van der Waals surface area contributed by atoms with Crippen LogP contribution >= 0.6 is 11.8 Å². The third-order valence-electron chi connectivity index (χ3n) is 4.95. The van der Waals surface area contributed by atoms with Crippen molar-refractivity contribution in [1.82, 2.24) is 15.4 Å². The van der Waals surface area contributed by atoms with Gasteiger partial charge in [-0.3, -0.25) is 9.59 Å². The predicted octanol–water partition coefficient (Wildman–Crippen LogP) is 2.03. The Hall–Kier alpha value is -1.54. The molecule has 144 valence electrons. The Morgan fingerprint density at radius 3 is 2.69 bits per heavy atom. The number of amides is 2. The van der Waals surface area contributed by atoms with Gasteiger partial charge in [0.2, 0.25) is 11.8 Å². The second-order valence-electron chi connectivity index (χ2n) is 7.27. The molecule has 2 N–H and O–H groups in total. The molecule has 0 radical (unpaired) electrons. The molecule has 1 aliphatic heterocycles. The fourth-order valence-electron chi connectivity index (χ4n) is 3.00. The van der Waals surface area contributed by atoms with E-state index in [0.29, 0.717) is 23.4 Å². The van der Waals surface area contributed by atoms with Crippen LogP contribution in [-0.4, -0.2) is 58.5 Å². The molecule has 2 fully saturated rings. The molecule has 2 amide bonds. The van der Waals surface area contributed by atoms with E-state index in [9.17, 15) is 9.59 Å². The predicted molar refractivity (Wildman–Crippen MR) is 102 cm³/mol. The highest BCUT2D eigenvalue weighted by Gasteiger charge is 2.26. The Kier molecular flexibility index (Phi) is 6.58. The monoisotopic (exact) mass is 380 g/mol. The van der Waals surface area contributed by atoms with E-state index in [4.69, 9.17) is 4.52 Å². The average molecular weight is 381 g/mol. The molecule has 1 aliphatic carbocycles. The number of carbonyl (C=O) groups is 2. The number of thioether (sulfide) groups is 1. The lowest BCUT2D eigenvalue weighted by molar-refractivity contribution is -0.129. The summed E-state index contributed by atoms with van der Waals surface area (Å²) in [6.45, 7) is 6.31. The molecule has 1 atom stereocenters. The number of nitrogens with zero attached hydrogens (tertiary/aromatic N) is 2. The largest absolute Gasteiger partial charge is 0.360 e. The smallest absolute Gasteiger partial charge is 0.238 e. The molecule has 7 nitrogen and oxygen atoms in total. The van der Waals surface area contributed by atoms with Crippen LogP contribution in [0.1, 0.15) is 38.4 Å². The molecule has 2 aliphatic rings. The Morgan fingerprint density at radius 2 is 2.08 bits per heavy atom. The molecule has 26 heavy (non-hydrogen) atoms. The minimum atomic E-state index is -0.325. The highest BCUT2D eigenvalue weighted by atomic mass is 32.2. The number of piperidine rings is 1. The van der Waals surface area contributed by atoms with Crippen molar-refractivity contribution in [2.75, 3.05) is 30.7 Å². The highest BCUT2D eigenvalue weighted by Crippen LogP contribution is 2.28. The topological polar surface area (TPSA) is 87.5 Å². The molecule has 1 saturated heterocycles. The van der Waals surface area contributed by atoms with Crippen LogP contribution < -0.4 is 10.6 Å². The van der Waals surface area contributed by atoms with Crippen molar-refractivity contribution < 1.29 is 14.1 Å². The summed E-state index contributed by atoms with van der Waals surface area (Å²) in [6.07, 6.45) is 4.77. The van der Waals surface area contributed by atoms with Gasteiger partial charge in [-0.15, -0.1) is 11.8 Å². The van der Waals surface area contributed by atoms with Crippen LogP contribution in [-0.2, 0) is 9.59 Å². The molecule has 0 spiro atoms. The zero-order valence-electron chi connectivity index (χ0n) is 15.5. The van der Waals surface area contributed by atoms with Crippen molar-refractivity contribution in [1.29, 1.82) is 0 Å². The number of nitrogens with one attached hydrogen (secondary N) is 2. The molecule has 0 bridgehead atoms. The molecule has 0 aromatic carbocycles. The molecule has 1 aromatic heterocycles. The quantitative estimate of drug-likeness (QED) is 0.718. The molecule has 1 aromatic rings. The van der Waals surface area contributed by atoms with E-state index < -0.39 is 0 Å². The first-order valence-electron chi connectivity index (χ1n) is 9.38.